The van der Waals surface area contributed by atoms with Crippen LogP contribution in [0.1, 0.15) is 27.7 Å². The van der Waals surface area contributed by atoms with E-state index < -0.39 is 11.0 Å². The third-order valence-corrected chi connectivity index (χ3v) is 0.971. The molecular formula is C7H13ClO2. The molecule has 0 radical (unpaired) electrons. The molecule has 0 unspecified atom stereocenters. The molecular weight excluding hydrogens is 152 g/mol. The van der Waals surface area contributed by atoms with Crippen molar-refractivity contribution in [3.63, 3.8) is 0 Å². The van der Waals surface area contributed by atoms with Crippen molar-refractivity contribution >= 4 is 17.6 Å². The van der Waals surface area contributed by atoms with Gasteiger partial charge in [-0.1, -0.05) is 11.6 Å². The van der Waals surface area contributed by atoms with E-state index in [-0.39, 0.29) is 5.97 Å². The molecule has 0 aromatic rings. The zero-order valence-electron chi connectivity index (χ0n) is 6.77. The Bertz CT molecular complexity index is 124. The number of alkyl halides is 1. The molecule has 0 aromatic carbocycles. The predicted molar refractivity (Wildman–Crippen MR) is 40.9 cm³/mol. The number of carbonyl (C=O) groups is 1. The maximum Gasteiger partial charge on any atom is 0.312 e. The summed E-state index contributed by atoms with van der Waals surface area (Å²) in [6.45, 7) is 6.98. The fraction of sp³-hybridized carbons (Fsp3) is 0.857. The Morgan fingerprint density at radius 2 is 1.90 bits per heavy atom. The largest absolute Gasteiger partial charge is 0.446 e. The van der Waals surface area contributed by atoms with Gasteiger partial charge in [-0.2, -0.15) is 0 Å². The molecule has 3 heteroatoms. The highest BCUT2D eigenvalue weighted by Crippen LogP contribution is 2.16. The monoisotopic (exact) mass is 164 g/mol. The van der Waals surface area contributed by atoms with E-state index in [0.717, 1.165) is 0 Å². The van der Waals surface area contributed by atoms with Gasteiger partial charge in [0, 0.05) is 0 Å². The van der Waals surface area contributed by atoms with Crippen LogP contribution in [0.4, 0.5) is 0 Å². The molecule has 2 nitrogen and oxygen atoms in total. The van der Waals surface area contributed by atoms with Crippen molar-refractivity contribution in [1.29, 1.82) is 0 Å². The first-order valence-electron chi connectivity index (χ1n) is 3.19. The van der Waals surface area contributed by atoms with Gasteiger partial charge in [0.15, 0.2) is 5.56 Å². The summed E-state index contributed by atoms with van der Waals surface area (Å²) in [5.41, 5.74) is -0.991. The smallest absolute Gasteiger partial charge is 0.312 e. The molecule has 0 heterocycles. The van der Waals surface area contributed by atoms with Gasteiger partial charge in [-0.05, 0) is 27.7 Å². The quantitative estimate of drug-likeness (QED) is 0.439. The van der Waals surface area contributed by atoms with Gasteiger partial charge in [-0.15, -0.1) is 0 Å². The number of esters is 1. The fourth-order valence-electron chi connectivity index (χ4n) is 0.324. The van der Waals surface area contributed by atoms with E-state index in [1.165, 1.54) is 0 Å². The summed E-state index contributed by atoms with van der Waals surface area (Å²) in [6, 6.07) is 0. The molecule has 0 spiro atoms. The normalized spacial score (nSPS) is 14.5. The lowest BCUT2D eigenvalue weighted by molar-refractivity contribution is -0.154. The lowest BCUT2D eigenvalue weighted by Crippen LogP contribution is -2.24. The van der Waals surface area contributed by atoms with Gasteiger partial charge >= 0.3 is 5.97 Å². The van der Waals surface area contributed by atoms with Crippen LogP contribution < -0.4 is 0 Å². The van der Waals surface area contributed by atoms with Gasteiger partial charge in [-0.25, -0.2) is 0 Å². The average Bonchev–Trinajstić information content (AvgIpc) is 1.60. The van der Waals surface area contributed by atoms with E-state index in [2.05, 4.69) is 0 Å². The minimum Gasteiger partial charge on any atom is -0.446 e. The summed E-state index contributed by atoms with van der Waals surface area (Å²) in [4.78, 5) is 11.0. The van der Waals surface area contributed by atoms with Crippen LogP contribution in [0.5, 0.6) is 0 Å². The third-order valence-electron chi connectivity index (χ3n) is 0.882. The van der Waals surface area contributed by atoms with Gasteiger partial charge in [0.2, 0.25) is 0 Å². The Hall–Kier alpha value is -0.240. The Morgan fingerprint density at radius 3 is 2.00 bits per heavy atom. The van der Waals surface area contributed by atoms with Crippen molar-refractivity contribution in [2.45, 2.75) is 33.3 Å². The van der Waals surface area contributed by atoms with Crippen LogP contribution in [-0.2, 0) is 9.53 Å². The highest BCUT2D eigenvalue weighted by molar-refractivity contribution is 6.20. The number of hydrogen-bond acceptors (Lipinski definition) is 2. The van der Waals surface area contributed by atoms with Crippen molar-refractivity contribution in [1.82, 2.24) is 0 Å². The van der Waals surface area contributed by atoms with Crippen LogP contribution in [0.25, 0.3) is 0 Å². The van der Waals surface area contributed by atoms with E-state index in [9.17, 15) is 4.79 Å². The number of carbonyl (C=O) groups excluding carboxylic acids is 1. The topological polar surface area (TPSA) is 26.3 Å². The summed E-state index contributed by atoms with van der Waals surface area (Å²) < 4.78 is 4.74. The SMILES string of the molecule is C[C@H](Cl)OC(=O)C(C)(C)C. The van der Waals surface area contributed by atoms with Gasteiger partial charge in [0.05, 0.1) is 5.41 Å². The van der Waals surface area contributed by atoms with Gasteiger partial charge < -0.3 is 4.74 Å². The van der Waals surface area contributed by atoms with E-state index in [1.807, 2.05) is 0 Å². The van der Waals surface area contributed by atoms with E-state index in [0.29, 0.717) is 0 Å². The third kappa shape index (κ3) is 3.72. The number of ether oxygens (including phenoxy) is 1. The number of hydrogen-bond donors (Lipinski definition) is 0. The molecule has 0 aliphatic heterocycles. The molecule has 0 aromatic heterocycles. The minimum atomic E-state index is -0.535. The molecule has 0 N–H and O–H groups in total. The van der Waals surface area contributed by atoms with Crippen LogP contribution in [0.15, 0.2) is 0 Å². The zero-order valence-corrected chi connectivity index (χ0v) is 7.53. The van der Waals surface area contributed by atoms with E-state index in [1.54, 1.807) is 27.7 Å². The molecule has 0 fully saturated rings. The second kappa shape index (κ2) is 3.24. The second-order valence-corrected chi connectivity index (χ2v) is 3.81. The summed E-state index contributed by atoms with van der Waals surface area (Å²) in [6.07, 6.45) is 0. The molecule has 1 atom stereocenters. The highest BCUT2D eigenvalue weighted by Gasteiger charge is 2.23. The standard InChI is InChI=1S/C7H13ClO2/c1-5(8)10-6(9)7(2,3)4/h5H,1-4H3/t5-/m1/s1. The van der Waals surface area contributed by atoms with Crippen molar-refractivity contribution < 1.29 is 9.53 Å². The Labute approximate surface area is 66.5 Å². The van der Waals surface area contributed by atoms with Crippen LogP contribution in [-0.4, -0.2) is 11.5 Å². The summed E-state index contributed by atoms with van der Waals surface area (Å²) >= 11 is 5.44. The van der Waals surface area contributed by atoms with Crippen LogP contribution >= 0.6 is 11.6 Å². The molecule has 0 saturated heterocycles. The lowest BCUT2D eigenvalue weighted by Gasteiger charge is -2.17. The minimum absolute atomic E-state index is 0.269. The summed E-state index contributed by atoms with van der Waals surface area (Å²) in [7, 11) is 0. The van der Waals surface area contributed by atoms with Crippen LogP contribution in [0, 0.1) is 5.41 Å². The second-order valence-electron chi connectivity index (χ2n) is 3.20. The first-order chi connectivity index (χ1) is 4.34. The van der Waals surface area contributed by atoms with E-state index in [4.69, 9.17) is 16.3 Å². The molecule has 0 aliphatic rings. The molecule has 10 heavy (non-hydrogen) atoms. The van der Waals surface area contributed by atoms with Crippen LogP contribution in [0.2, 0.25) is 0 Å². The van der Waals surface area contributed by atoms with Gasteiger partial charge in [0.1, 0.15) is 0 Å². The molecule has 0 saturated carbocycles. The first-order valence-corrected chi connectivity index (χ1v) is 3.63. The van der Waals surface area contributed by atoms with Crippen LogP contribution in [0.3, 0.4) is 0 Å². The summed E-state index contributed by atoms with van der Waals surface area (Å²) in [5.74, 6) is -0.269. The Kier molecular flexibility index (Phi) is 3.16. The van der Waals surface area contributed by atoms with Crippen molar-refractivity contribution in [2.24, 2.45) is 5.41 Å². The molecule has 0 aliphatic carbocycles. The van der Waals surface area contributed by atoms with Crippen molar-refractivity contribution in [3.8, 4) is 0 Å². The lowest BCUT2D eigenvalue weighted by atomic mass is 9.97. The predicted octanol–water partition coefficient (Wildman–Crippen LogP) is 2.16. The average molecular weight is 165 g/mol. The highest BCUT2D eigenvalue weighted by atomic mass is 35.5. The Morgan fingerprint density at radius 1 is 1.50 bits per heavy atom. The zero-order chi connectivity index (χ0) is 8.36. The fourth-order valence-corrected chi connectivity index (χ4v) is 0.405. The first kappa shape index (κ1) is 9.76. The maximum atomic E-state index is 11.0. The van der Waals surface area contributed by atoms with E-state index >= 15 is 0 Å². The molecule has 0 bridgehead atoms. The van der Waals surface area contributed by atoms with Gasteiger partial charge in [0.25, 0.3) is 0 Å². The Balaban J connectivity index is 3.87. The maximum absolute atomic E-state index is 11.0. The molecule has 0 rings (SSSR count). The van der Waals surface area contributed by atoms with Gasteiger partial charge in [-0.3, -0.25) is 4.79 Å². The summed E-state index contributed by atoms with van der Waals surface area (Å²) in [5, 5.41) is 0. The van der Waals surface area contributed by atoms with Crippen molar-refractivity contribution in [3.05, 3.63) is 0 Å². The number of halogens is 1. The molecule has 60 valence electrons. The molecule has 0 amide bonds. The number of rotatable bonds is 1. The van der Waals surface area contributed by atoms with Crippen molar-refractivity contribution in [2.75, 3.05) is 0 Å².